The Morgan fingerprint density at radius 1 is 1.00 bits per heavy atom. The fourth-order valence-corrected chi connectivity index (χ4v) is 4.97. The lowest BCUT2D eigenvalue weighted by Gasteiger charge is -2.14. The molecule has 0 aliphatic carbocycles. The molecule has 0 saturated heterocycles. The average Bonchev–Trinajstić information content (AvgIpc) is 3.33. The summed E-state index contributed by atoms with van der Waals surface area (Å²) in [5, 5.41) is 13.9. The van der Waals surface area contributed by atoms with Crippen molar-refractivity contribution < 1.29 is 0 Å². The Morgan fingerprint density at radius 3 is 2.83 bits per heavy atom. The highest BCUT2D eigenvalue weighted by Crippen LogP contribution is 2.31. The van der Waals surface area contributed by atoms with Crippen molar-refractivity contribution in [3.8, 4) is 0 Å². The minimum atomic E-state index is 0.547. The summed E-state index contributed by atoms with van der Waals surface area (Å²) in [5.74, 6) is 1.30. The Kier molecular flexibility index (Phi) is 5.94. The molecule has 5 aromatic rings. The van der Waals surface area contributed by atoms with Gasteiger partial charge < -0.3 is 20.9 Å². The molecule has 0 spiro atoms. The van der Waals surface area contributed by atoms with Crippen molar-refractivity contribution in [2.24, 2.45) is 0 Å². The Labute approximate surface area is 212 Å². The monoisotopic (exact) mass is 524 g/mol. The van der Waals surface area contributed by atoms with Gasteiger partial charge in [0, 0.05) is 47.6 Å². The van der Waals surface area contributed by atoms with E-state index in [1.54, 1.807) is 6.20 Å². The molecule has 0 atom stereocenters. The number of hydrogen-bond donors (Lipinski definition) is 4. The number of nitrogens with zero attached hydrogens (tertiary/aromatic N) is 2. The van der Waals surface area contributed by atoms with Crippen molar-refractivity contribution in [3.63, 3.8) is 0 Å². The third kappa shape index (κ3) is 4.52. The summed E-state index contributed by atoms with van der Waals surface area (Å²) >= 11 is 3.59. The highest BCUT2D eigenvalue weighted by molar-refractivity contribution is 9.10. The van der Waals surface area contributed by atoms with Crippen LogP contribution >= 0.6 is 15.9 Å². The van der Waals surface area contributed by atoms with Gasteiger partial charge in [-0.15, -0.1) is 0 Å². The van der Waals surface area contributed by atoms with Gasteiger partial charge in [0.1, 0.15) is 5.82 Å². The molecule has 174 valence electrons. The van der Waals surface area contributed by atoms with Gasteiger partial charge in [-0.2, -0.15) is 4.98 Å². The van der Waals surface area contributed by atoms with E-state index >= 15 is 0 Å². The molecule has 0 amide bonds. The Morgan fingerprint density at radius 2 is 1.91 bits per heavy atom. The second-order valence-electron chi connectivity index (χ2n) is 8.65. The predicted molar refractivity (Wildman–Crippen MR) is 148 cm³/mol. The maximum Gasteiger partial charge on any atom is 0.229 e. The summed E-state index contributed by atoms with van der Waals surface area (Å²) in [6.45, 7) is 2.60. The van der Waals surface area contributed by atoms with Crippen molar-refractivity contribution in [3.05, 3.63) is 94.7 Å². The van der Waals surface area contributed by atoms with Crippen LogP contribution in [0.4, 0.5) is 17.5 Å². The molecule has 3 aromatic carbocycles. The summed E-state index contributed by atoms with van der Waals surface area (Å²) in [6, 6.07) is 21.1. The molecule has 2 aromatic heterocycles. The second-order valence-corrected chi connectivity index (χ2v) is 9.51. The van der Waals surface area contributed by atoms with E-state index in [0.717, 1.165) is 41.0 Å². The molecule has 0 unspecified atom stereocenters. The van der Waals surface area contributed by atoms with E-state index in [-0.39, 0.29) is 0 Å². The zero-order chi connectivity index (χ0) is 23.6. The first-order valence-electron chi connectivity index (χ1n) is 11.8. The zero-order valence-corrected chi connectivity index (χ0v) is 20.7. The number of rotatable bonds is 6. The van der Waals surface area contributed by atoms with E-state index in [1.165, 1.54) is 32.9 Å². The first-order chi connectivity index (χ1) is 17.2. The number of aromatic amines is 1. The summed E-state index contributed by atoms with van der Waals surface area (Å²) in [4.78, 5) is 12.6. The summed E-state index contributed by atoms with van der Waals surface area (Å²) < 4.78 is 0.824. The fraction of sp³-hybridized carbons (Fsp3) is 0.143. The van der Waals surface area contributed by atoms with Crippen LogP contribution in [0.2, 0.25) is 0 Å². The van der Waals surface area contributed by atoms with Crippen molar-refractivity contribution in [2.75, 3.05) is 23.7 Å². The first kappa shape index (κ1) is 21.8. The largest absolute Gasteiger partial charge is 0.365 e. The molecule has 1 aliphatic rings. The maximum absolute atomic E-state index is 4.74. The van der Waals surface area contributed by atoms with Crippen LogP contribution in [0.25, 0.3) is 27.2 Å². The van der Waals surface area contributed by atoms with Crippen LogP contribution in [0.1, 0.15) is 17.5 Å². The number of hydrogen-bond acceptors (Lipinski definition) is 5. The summed E-state index contributed by atoms with van der Waals surface area (Å²) in [5.41, 5.74) is 5.95. The van der Waals surface area contributed by atoms with Gasteiger partial charge in [0.2, 0.25) is 5.95 Å². The van der Waals surface area contributed by atoms with Gasteiger partial charge in [0.15, 0.2) is 0 Å². The van der Waals surface area contributed by atoms with E-state index in [0.29, 0.717) is 12.5 Å². The molecule has 0 fully saturated rings. The summed E-state index contributed by atoms with van der Waals surface area (Å²) in [6.07, 6.45) is 7.20. The maximum atomic E-state index is 4.74. The van der Waals surface area contributed by atoms with Crippen molar-refractivity contribution in [2.45, 2.75) is 13.0 Å². The lowest BCUT2D eigenvalue weighted by Crippen LogP contribution is -2.19. The van der Waals surface area contributed by atoms with Crippen LogP contribution in [-0.2, 0) is 6.54 Å². The third-order valence-electron chi connectivity index (χ3n) is 6.42. The number of fused-ring (bicyclic) bond motifs is 2. The molecule has 7 heteroatoms. The average molecular weight is 525 g/mol. The smallest absolute Gasteiger partial charge is 0.229 e. The van der Waals surface area contributed by atoms with Crippen molar-refractivity contribution >= 4 is 60.6 Å². The Hall–Kier alpha value is -3.68. The number of nitrogens with one attached hydrogen (secondary N) is 4. The molecule has 0 saturated carbocycles. The molecule has 0 radical (unpaired) electrons. The molecule has 3 heterocycles. The van der Waals surface area contributed by atoms with E-state index in [9.17, 15) is 0 Å². The fourth-order valence-electron chi connectivity index (χ4n) is 4.64. The highest BCUT2D eigenvalue weighted by Gasteiger charge is 2.12. The first-order valence-corrected chi connectivity index (χ1v) is 12.6. The van der Waals surface area contributed by atoms with Crippen LogP contribution in [0.3, 0.4) is 0 Å². The second kappa shape index (κ2) is 9.52. The molecular weight excluding hydrogens is 500 g/mol. The van der Waals surface area contributed by atoms with E-state index < -0.39 is 0 Å². The van der Waals surface area contributed by atoms with E-state index in [1.807, 2.05) is 6.07 Å². The minimum Gasteiger partial charge on any atom is -0.365 e. The Bertz CT molecular complexity index is 1550. The third-order valence-corrected chi connectivity index (χ3v) is 7.00. The van der Waals surface area contributed by atoms with Crippen molar-refractivity contribution in [1.29, 1.82) is 0 Å². The van der Waals surface area contributed by atoms with Gasteiger partial charge in [0.25, 0.3) is 0 Å². The topological polar surface area (TPSA) is 77.7 Å². The zero-order valence-electron chi connectivity index (χ0n) is 19.1. The van der Waals surface area contributed by atoms with Gasteiger partial charge in [0.05, 0.1) is 4.47 Å². The van der Waals surface area contributed by atoms with E-state index in [4.69, 9.17) is 4.98 Å². The van der Waals surface area contributed by atoms with Crippen LogP contribution in [0.15, 0.2) is 83.6 Å². The lowest BCUT2D eigenvalue weighted by atomic mass is 9.99. The molecule has 35 heavy (non-hydrogen) atoms. The van der Waals surface area contributed by atoms with Gasteiger partial charge in [-0.1, -0.05) is 48.5 Å². The number of H-pyrrole nitrogens is 1. The van der Waals surface area contributed by atoms with E-state index in [2.05, 4.69) is 109 Å². The highest BCUT2D eigenvalue weighted by atomic mass is 79.9. The molecule has 1 aliphatic heterocycles. The number of halogens is 1. The molecule has 6 rings (SSSR count). The molecule has 4 N–H and O–H groups in total. The number of aromatic nitrogens is 3. The molecule has 0 bridgehead atoms. The van der Waals surface area contributed by atoms with Crippen LogP contribution < -0.4 is 16.0 Å². The normalized spacial score (nSPS) is 13.7. The van der Waals surface area contributed by atoms with Crippen LogP contribution in [-0.4, -0.2) is 28.0 Å². The minimum absolute atomic E-state index is 0.547. The SMILES string of the molecule is Brc1cnc(Nc2ccc3[nH]cc(C4=CCNCC4)c3c2)nc1NCc1cccc2ccccc12. The molecule has 6 nitrogen and oxygen atoms in total. The summed E-state index contributed by atoms with van der Waals surface area (Å²) in [7, 11) is 0. The van der Waals surface area contributed by atoms with Gasteiger partial charge >= 0.3 is 0 Å². The van der Waals surface area contributed by atoms with Crippen LogP contribution in [0.5, 0.6) is 0 Å². The quantitative estimate of drug-likeness (QED) is 0.201. The van der Waals surface area contributed by atoms with Gasteiger partial charge in [-0.3, -0.25) is 0 Å². The molecular formula is C28H25BrN6. The van der Waals surface area contributed by atoms with Crippen molar-refractivity contribution in [1.82, 2.24) is 20.3 Å². The number of benzene rings is 3. The van der Waals surface area contributed by atoms with Gasteiger partial charge in [-0.25, -0.2) is 4.98 Å². The Balaban J connectivity index is 1.24. The van der Waals surface area contributed by atoms with Crippen LogP contribution in [0, 0.1) is 0 Å². The van der Waals surface area contributed by atoms with Gasteiger partial charge in [-0.05, 0) is 69.0 Å². The standard InChI is InChI=1S/C28H25BrN6/c29-25-17-33-28(35-27(25)32-15-20-6-3-5-18-4-1-2-7-22(18)20)34-21-8-9-26-23(14-21)24(16-31-26)19-10-12-30-13-11-19/h1-10,14,16-17,30-31H,11-13,15H2,(H2,32,33,34,35). The number of anilines is 3. The lowest BCUT2D eigenvalue weighted by molar-refractivity contribution is 0.739. The predicted octanol–water partition coefficient (Wildman–Crippen LogP) is 6.61.